The van der Waals surface area contributed by atoms with Crippen LogP contribution in [0.15, 0.2) is 24.3 Å². The van der Waals surface area contributed by atoms with Crippen LogP contribution < -0.4 is 10.6 Å². The maximum atomic E-state index is 12.2. The molecule has 102 valence electrons. The van der Waals surface area contributed by atoms with Crippen molar-refractivity contribution in [3.05, 3.63) is 29.8 Å². The highest BCUT2D eigenvalue weighted by Crippen LogP contribution is 2.36. The monoisotopic (exact) mass is 259 g/mol. The number of nitrogens with zero attached hydrogens (tertiary/aromatic N) is 2. The second-order valence-electron chi connectivity index (χ2n) is 5.57. The molecule has 1 aromatic carbocycles. The summed E-state index contributed by atoms with van der Waals surface area (Å²) in [5.74, 6) is 0.259. The summed E-state index contributed by atoms with van der Waals surface area (Å²) in [6.07, 6.45) is 3.34. The van der Waals surface area contributed by atoms with Crippen molar-refractivity contribution in [3.63, 3.8) is 0 Å². The van der Waals surface area contributed by atoms with Crippen molar-refractivity contribution in [2.45, 2.75) is 37.9 Å². The first-order valence-corrected chi connectivity index (χ1v) is 7.03. The fourth-order valence-corrected chi connectivity index (χ4v) is 2.86. The van der Waals surface area contributed by atoms with Crippen molar-refractivity contribution in [3.8, 4) is 0 Å². The number of nitrogens with two attached hydrogens (primary N) is 1. The quantitative estimate of drug-likeness (QED) is 0.888. The molecule has 2 aliphatic rings. The molecule has 4 nitrogen and oxygen atoms in total. The Bertz CT molecular complexity index is 467. The molecule has 2 fully saturated rings. The lowest BCUT2D eigenvalue weighted by Crippen LogP contribution is -2.42. The minimum atomic E-state index is 0.0289. The molecule has 0 spiro atoms. The Morgan fingerprint density at radius 1 is 1.26 bits per heavy atom. The average Bonchev–Trinajstić information content (AvgIpc) is 3.22. The smallest absolute Gasteiger partial charge is 0.245 e. The minimum Gasteiger partial charge on any atom is -0.356 e. The molecule has 1 heterocycles. The molecule has 3 rings (SSSR count). The SMILES string of the molecule is CN1CCC(N(c2ccc(CN)cc2)C2CC2)C1=O. The van der Waals surface area contributed by atoms with E-state index in [-0.39, 0.29) is 11.9 Å². The number of rotatable bonds is 4. The number of anilines is 1. The van der Waals surface area contributed by atoms with Crippen molar-refractivity contribution >= 4 is 11.6 Å². The standard InChI is InChI=1S/C15H21N3O/c1-17-9-8-14(15(17)19)18(13-6-7-13)12-4-2-11(10-16)3-5-12/h2-5,13-14H,6-10,16H2,1H3. The molecule has 1 saturated heterocycles. The molecule has 1 saturated carbocycles. The Balaban J connectivity index is 1.86. The van der Waals surface area contributed by atoms with E-state index in [1.54, 1.807) is 0 Å². The number of hydrogen-bond acceptors (Lipinski definition) is 3. The van der Waals surface area contributed by atoms with E-state index in [0.717, 1.165) is 24.2 Å². The van der Waals surface area contributed by atoms with Crippen LogP contribution in [-0.2, 0) is 11.3 Å². The summed E-state index contributed by atoms with van der Waals surface area (Å²) in [4.78, 5) is 16.4. The van der Waals surface area contributed by atoms with Gasteiger partial charge in [-0.25, -0.2) is 0 Å². The second kappa shape index (κ2) is 4.85. The zero-order valence-corrected chi connectivity index (χ0v) is 11.4. The van der Waals surface area contributed by atoms with Crippen LogP contribution in [0.1, 0.15) is 24.8 Å². The van der Waals surface area contributed by atoms with Gasteiger partial charge in [-0.15, -0.1) is 0 Å². The van der Waals surface area contributed by atoms with Gasteiger partial charge in [0.1, 0.15) is 6.04 Å². The molecular weight excluding hydrogens is 238 g/mol. The van der Waals surface area contributed by atoms with Gasteiger partial charge in [0.25, 0.3) is 0 Å². The normalized spacial score (nSPS) is 22.9. The Morgan fingerprint density at radius 2 is 1.95 bits per heavy atom. The average molecular weight is 259 g/mol. The van der Waals surface area contributed by atoms with Gasteiger partial charge in [-0.05, 0) is 37.0 Å². The largest absolute Gasteiger partial charge is 0.356 e. The molecule has 1 amide bonds. The van der Waals surface area contributed by atoms with Crippen LogP contribution in [0, 0.1) is 0 Å². The minimum absolute atomic E-state index is 0.0289. The third kappa shape index (κ3) is 2.32. The zero-order chi connectivity index (χ0) is 13.4. The molecule has 1 aliphatic heterocycles. The van der Waals surface area contributed by atoms with Gasteiger partial charge in [-0.2, -0.15) is 0 Å². The summed E-state index contributed by atoms with van der Waals surface area (Å²) >= 11 is 0. The molecule has 4 heteroatoms. The van der Waals surface area contributed by atoms with Gasteiger partial charge in [0.2, 0.25) is 5.91 Å². The van der Waals surface area contributed by atoms with Gasteiger partial charge in [-0.1, -0.05) is 12.1 Å². The highest BCUT2D eigenvalue weighted by atomic mass is 16.2. The number of carbonyl (C=O) groups is 1. The van der Waals surface area contributed by atoms with Gasteiger partial charge in [0, 0.05) is 31.9 Å². The third-order valence-electron chi connectivity index (χ3n) is 4.15. The molecule has 0 bridgehead atoms. The zero-order valence-electron chi connectivity index (χ0n) is 11.4. The van der Waals surface area contributed by atoms with Crippen LogP contribution in [0.2, 0.25) is 0 Å². The molecule has 19 heavy (non-hydrogen) atoms. The second-order valence-corrected chi connectivity index (χ2v) is 5.57. The van der Waals surface area contributed by atoms with E-state index in [1.165, 1.54) is 12.8 Å². The van der Waals surface area contributed by atoms with Crippen molar-refractivity contribution in [2.24, 2.45) is 5.73 Å². The lowest BCUT2D eigenvalue weighted by atomic mass is 10.1. The maximum absolute atomic E-state index is 12.2. The van der Waals surface area contributed by atoms with Crippen LogP contribution in [0.25, 0.3) is 0 Å². The Kier molecular flexibility index (Phi) is 3.19. The third-order valence-corrected chi connectivity index (χ3v) is 4.15. The number of likely N-dealkylation sites (tertiary alicyclic amines) is 1. The molecular formula is C15H21N3O. The first-order valence-electron chi connectivity index (χ1n) is 7.03. The summed E-state index contributed by atoms with van der Waals surface area (Å²) < 4.78 is 0. The van der Waals surface area contributed by atoms with E-state index < -0.39 is 0 Å². The van der Waals surface area contributed by atoms with E-state index in [2.05, 4.69) is 29.2 Å². The highest BCUT2D eigenvalue weighted by molar-refractivity contribution is 5.87. The van der Waals surface area contributed by atoms with E-state index in [1.807, 2.05) is 11.9 Å². The Labute approximate surface area is 114 Å². The summed E-state index contributed by atoms with van der Waals surface area (Å²) in [5, 5.41) is 0. The molecule has 0 aromatic heterocycles. The molecule has 0 radical (unpaired) electrons. The van der Waals surface area contributed by atoms with Gasteiger partial charge in [-0.3, -0.25) is 4.79 Å². The number of likely N-dealkylation sites (N-methyl/N-ethyl adjacent to an activating group) is 1. The van der Waals surface area contributed by atoms with Gasteiger partial charge >= 0.3 is 0 Å². The van der Waals surface area contributed by atoms with Gasteiger partial charge < -0.3 is 15.5 Å². The maximum Gasteiger partial charge on any atom is 0.245 e. The first kappa shape index (κ1) is 12.5. The Morgan fingerprint density at radius 3 is 2.42 bits per heavy atom. The molecule has 1 atom stereocenters. The molecule has 1 aromatic rings. The lowest BCUT2D eigenvalue weighted by Gasteiger charge is -2.30. The number of hydrogen-bond donors (Lipinski definition) is 1. The first-order chi connectivity index (χ1) is 9.20. The number of amides is 1. The summed E-state index contributed by atoms with van der Waals surface area (Å²) in [6.45, 7) is 1.43. The predicted molar refractivity (Wildman–Crippen MR) is 75.9 cm³/mol. The van der Waals surface area contributed by atoms with Crippen molar-refractivity contribution in [1.82, 2.24) is 4.90 Å². The fourth-order valence-electron chi connectivity index (χ4n) is 2.86. The Hall–Kier alpha value is -1.55. The van der Waals surface area contributed by atoms with Crippen LogP contribution in [0.3, 0.4) is 0 Å². The van der Waals surface area contributed by atoms with Crippen LogP contribution in [0.5, 0.6) is 0 Å². The molecule has 1 aliphatic carbocycles. The van der Waals surface area contributed by atoms with Crippen LogP contribution in [-0.4, -0.2) is 36.5 Å². The number of benzene rings is 1. The van der Waals surface area contributed by atoms with Crippen molar-refractivity contribution < 1.29 is 4.79 Å². The number of carbonyl (C=O) groups excluding carboxylic acids is 1. The van der Waals surface area contributed by atoms with Crippen LogP contribution in [0.4, 0.5) is 5.69 Å². The highest BCUT2D eigenvalue weighted by Gasteiger charge is 2.41. The van der Waals surface area contributed by atoms with E-state index in [9.17, 15) is 4.79 Å². The molecule has 1 unspecified atom stereocenters. The van der Waals surface area contributed by atoms with Gasteiger partial charge in [0.15, 0.2) is 0 Å². The summed E-state index contributed by atoms with van der Waals surface area (Å²) in [5.41, 5.74) is 7.93. The van der Waals surface area contributed by atoms with Crippen molar-refractivity contribution in [1.29, 1.82) is 0 Å². The van der Waals surface area contributed by atoms with E-state index in [4.69, 9.17) is 5.73 Å². The van der Waals surface area contributed by atoms with E-state index in [0.29, 0.717) is 12.6 Å². The topological polar surface area (TPSA) is 49.6 Å². The van der Waals surface area contributed by atoms with Crippen molar-refractivity contribution in [2.75, 3.05) is 18.5 Å². The predicted octanol–water partition coefficient (Wildman–Crippen LogP) is 1.34. The lowest BCUT2D eigenvalue weighted by molar-refractivity contribution is -0.127. The summed E-state index contributed by atoms with van der Waals surface area (Å²) in [6, 6.07) is 8.91. The summed E-state index contributed by atoms with van der Waals surface area (Å²) in [7, 11) is 1.89. The fraction of sp³-hybridized carbons (Fsp3) is 0.533. The van der Waals surface area contributed by atoms with Crippen LogP contribution >= 0.6 is 0 Å². The van der Waals surface area contributed by atoms with Gasteiger partial charge in [0.05, 0.1) is 0 Å². The molecule has 2 N–H and O–H groups in total. The van der Waals surface area contributed by atoms with E-state index >= 15 is 0 Å².